The largest absolute Gasteiger partial charge is 0.502 e. The first-order valence-corrected chi connectivity index (χ1v) is 8.65. The van der Waals surface area contributed by atoms with Crippen LogP contribution in [0.3, 0.4) is 0 Å². The van der Waals surface area contributed by atoms with Crippen LogP contribution in [-0.2, 0) is 23.2 Å². The number of aliphatic imine (C=N–C) groups is 1. The van der Waals surface area contributed by atoms with Gasteiger partial charge in [-0.15, -0.1) is 11.3 Å². The number of allylic oxidation sites excluding steroid dienone is 1. The van der Waals surface area contributed by atoms with Crippen LogP contribution < -0.4 is 10.6 Å². The molecule has 11 heteroatoms. The van der Waals surface area contributed by atoms with Crippen molar-refractivity contribution < 1.29 is 32.6 Å². The molecule has 1 aromatic heterocycles. The number of nitrogens with one attached hydrogen (secondary N) is 2. The van der Waals surface area contributed by atoms with Crippen LogP contribution in [0.25, 0.3) is 0 Å². The predicted molar refractivity (Wildman–Crippen MR) is 93.2 cm³/mol. The zero-order valence-corrected chi connectivity index (χ0v) is 14.7. The van der Waals surface area contributed by atoms with E-state index < -0.39 is 47.3 Å². The number of nitrogens with zero attached hydrogens (tertiary/aromatic N) is 1. The number of rotatable bonds is 4. The molecular weight excluding hydrogens is 402 g/mol. The zero-order chi connectivity index (χ0) is 20.5. The minimum absolute atomic E-state index is 0.329. The Bertz CT molecular complexity index is 957. The van der Waals surface area contributed by atoms with E-state index in [1.54, 1.807) is 11.4 Å². The number of hydrogen-bond donors (Lipinski definition) is 4. The van der Waals surface area contributed by atoms with Gasteiger partial charge in [0.25, 0.3) is 5.91 Å². The molecule has 148 valence electrons. The first kappa shape index (κ1) is 19.7. The van der Waals surface area contributed by atoms with Gasteiger partial charge in [0, 0.05) is 6.54 Å². The van der Waals surface area contributed by atoms with E-state index in [1.165, 1.54) is 6.07 Å². The quantitative estimate of drug-likeness (QED) is 0.577. The second-order valence-corrected chi connectivity index (χ2v) is 6.73. The number of hydrogen-bond acceptors (Lipinski definition) is 6. The Labute approximate surface area is 159 Å². The van der Waals surface area contributed by atoms with E-state index in [4.69, 9.17) is 0 Å². The molecule has 2 heterocycles. The average Bonchev–Trinajstić information content (AvgIpc) is 3.17. The van der Waals surface area contributed by atoms with Crippen LogP contribution in [0.4, 0.5) is 17.6 Å². The molecule has 4 N–H and O–H groups in total. The van der Waals surface area contributed by atoms with Crippen molar-refractivity contribution in [1.29, 1.82) is 0 Å². The lowest BCUT2D eigenvalue weighted by Crippen LogP contribution is -2.54. The Kier molecular flexibility index (Phi) is 5.02. The van der Waals surface area contributed by atoms with Gasteiger partial charge in [-0.05, 0) is 29.1 Å². The Hall–Kier alpha value is -3.08. The Balaban J connectivity index is 1.89. The molecule has 1 aromatic carbocycles. The Morgan fingerprint density at radius 2 is 2.04 bits per heavy atom. The highest BCUT2D eigenvalue weighted by atomic mass is 32.1. The molecule has 1 aliphatic rings. The van der Waals surface area contributed by atoms with Crippen molar-refractivity contribution in [3.8, 4) is 0 Å². The SMILES string of the molecule is O=C(NCc1ccc(F)cc1C(F)(F)F)C1(c2cccs2)N=CC(O)=C(O)N1. The summed E-state index contributed by atoms with van der Waals surface area (Å²) in [4.78, 5) is 17.1. The summed E-state index contributed by atoms with van der Waals surface area (Å²) in [6.07, 6.45) is -3.94. The van der Waals surface area contributed by atoms with Gasteiger partial charge in [-0.25, -0.2) is 9.38 Å². The summed E-state index contributed by atoms with van der Waals surface area (Å²) in [6, 6.07) is 5.28. The van der Waals surface area contributed by atoms with E-state index in [0.29, 0.717) is 10.9 Å². The van der Waals surface area contributed by atoms with Gasteiger partial charge < -0.3 is 20.8 Å². The van der Waals surface area contributed by atoms with Crippen molar-refractivity contribution in [3.63, 3.8) is 0 Å². The first-order valence-electron chi connectivity index (χ1n) is 7.77. The summed E-state index contributed by atoms with van der Waals surface area (Å²) in [5.74, 6) is -3.24. The highest BCUT2D eigenvalue weighted by Gasteiger charge is 2.44. The third-order valence-corrected chi connectivity index (χ3v) is 4.92. The highest BCUT2D eigenvalue weighted by molar-refractivity contribution is 7.10. The van der Waals surface area contributed by atoms with Crippen LogP contribution in [-0.4, -0.2) is 22.3 Å². The molecule has 1 amide bonds. The number of aliphatic hydroxyl groups excluding tert-OH is 2. The number of thiophene rings is 1. The molecule has 0 saturated carbocycles. The van der Waals surface area contributed by atoms with E-state index in [9.17, 15) is 32.6 Å². The molecule has 0 spiro atoms. The predicted octanol–water partition coefficient (Wildman–Crippen LogP) is 3.33. The van der Waals surface area contributed by atoms with E-state index in [2.05, 4.69) is 15.6 Å². The number of carbonyl (C=O) groups excluding carboxylic acids is 1. The maximum Gasteiger partial charge on any atom is 0.416 e. The van der Waals surface area contributed by atoms with Crippen molar-refractivity contribution in [2.45, 2.75) is 18.4 Å². The normalized spacial score (nSPS) is 19.4. The van der Waals surface area contributed by atoms with Gasteiger partial charge in [0.15, 0.2) is 5.76 Å². The molecule has 1 aliphatic heterocycles. The number of carbonyl (C=O) groups is 1. The highest BCUT2D eigenvalue weighted by Crippen LogP contribution is 2.34. The number of halogens is 4. The van der Waals surface area contributed by atoms with Crippen molar-refractivity contribution in [1.82, 2.24) is 10.6 Å². The van der Waals surface area contributed by atoms with E-state index >= 15 is 0 Å². The molecule has 6 nitrogen and oxygen atoms in total. The maximum absolute atomic E-state index is 13.2. The summed E-state index contributed by atoms with van der Waals surface area (Å²) in [6.45, 7) is -0.561. The van der Waals surface area contributed by atoms with Crippen molar-refractivity contribution in [2.24, 2.45) is 4.99 Å². The minimum Gasteiger partial charge on any atom is -0.502 e. The number of aliphatic hydroxyl groups is 2. The third kappa shape index (κ3) is 3.65. The van der Waals surface area contributed by atoms with Gasteiger partial charge in [0.05, 0.1) is 16.7 Å². The molecule has 0 bridgehead atoms. The lowest BCUT2D eigenvalue weighted by atomic mass is 10.0. The van der Waals surface area contributed by atoms with Crippen LogP contribution >= 0.6 is 11.3 Å². The maximum atomic E-state index is 13.2. The van der Waals surface area contributed by atoms with Gasteiger partial charge in [-0.2, -0.15) is 13.2 Å². The molecule has 1 atom stereocenters. The fourth-order valence-electron chi connectivity index (χ4n) is 2.59. The van der Waals surface area contributed by atoms with Crippen LogP contribution in [0.1, 0.15) is 16.0 Å². The lowest BCUT2D eigenvalue weighted by molar-refractivity contribution is -0.139. The van der Waals surface area contributed by atoms with E-state index in [-0.39, 0.29) is 5.56 Å². The Morgan fingerprint density at radius 3 is 2.64 bits per heavy atom. The van der Waals surface area contributed by atoms with Gasteiger partial charge in [-0.3, -0.25) is 4.79 Å². The molecule has 1 unspecified atom stereocenters. The molecule has 3 rings (SSSR count). The second-order valence-electron chi connectivity index (χ2n) is 5.79. The molecule has 28 heavy (non-hydrogen) atoms. The van der Waals surface area contributed by atoms with Crippen LogP contribution in [0, 0.1) is 5.82 Å². The van der Waals surface area contributed by atoms with E-state index in [1.807, 2.05) is 0 Å². The topological polar surface area (TPSA) is 94.0 Å². The molecule has 2 aromatic rings. The van der Waals surface area contributed by atoms with Crippen LogP contribution in [0.2, 0.25) is 0 Å². The third-order valence-electron chi connectivity index (χ3n) is 3.95. The number of alkyl halides is 3. The first-order chi connectivity index (χ1) is 13.1. The fourth-order valence-corrected chi connectivity index (χ4v) is 3.42. The molecule has 0 saturated heterocycles. The van der Waals surface area contributed by atoms with Gasteiger partial charge in [-0.1, -0.05) is 12.1 Å². The minimum atomic E-state index is -4.80. The van der Waals surface area contributed by atoms with Gasteiger partial charge in [0.1, 0.15) is 5.82 Å². The van der Waals surface area contributed by atoms with Crippen molar-refractivity contribution >= 4 is 23.5 Å². The second kappa shape index (κ2) is 7.15. The fraction of sp³-hybridized carbons (Fsp3) is 0.176. The summed E-state index contributed by atoms with van der Waals surface area (Å²) in [5, 5.41) is 25.6. The smallest absolute Gasteiger partial charge is 0.416 e. The molecule has 0 fully saturated rings. The summed E-state index contributed by atoms with van der Waals surface area (Å²) < 4.78 is 52.6. The van der Waals surface area contributed by atoms with Gasteiger partial charge >= 0.3 is 6.18 Å². The molecule has 0 radical (unpaired) electrons. The van der Waals surface area contributed by atoms with Crippen molar-refractivity contribution in [3.05, 3.63) is 69.2 Å². The molecule has 0 aliphatic carbocycles. The Morgan fingerprint density at radius 1 is 1.29 bits per heavy atom. The standard InChI is InChI=1S/C17H13F4N3O3S/c18-10-4-3-9(11(6-10)17(19,20)21)7-22-15(27)16(13-2-1-5-28-13)23-8-12(25)14(26)24-16/h1-6,8,24-26H,7H2,(H,22,27). The average molecular weight is 415 g/mol. The summed E-state index contributed by atoms with van der Waals surface area (Å²) >= 11 is 1.11. The molecular formula is C17H13F4N3O3S. The van der Waals surface area contributed by atoms with Crippen molar-refractivity contribution in [2.75, 3.05) is 0 Å². The zero-order valence-electron chi connectivity index (χ0n) is 13.9. The lowest BCUT2D eigenvalue weighted by Gasteiger charge is -2.31. The summed E-state index contributed by atoms with van der Waals surface area (Å²) in [5.41, 5.74) is -3.42. The van der Waals surface area contributed by atoms with Crippen LogP contribution in [0.5, 0.6) is 0 Å². The number of benzene rings is 1. The monoisotopic (exact) mass is 415 g/mol. The number of amides is 1. The van der Waals surface area contributed by atoms with Gasteiger partial charge in [0.2, 0.25) is 11.5 Å². The van der Waals surface area contributed by atoms with E-state index in [0.717, 1.165) is 29.7 Å². The van der Waals surface area contributed by atoms with Crippen LogP contribution in [0.15, 0.2) is 52.3 Å². The summed E-state index contributed by atoms with van der Waals surface area (Å²) in [7, 11) is 0.